The zero-order valence-corrected chi connectivity index (χ0v) is 10.4. The van der Waals surface area contributed by atoms with Crippen molar-refractivity contribution in [2.24, 2.45) is 5.73 Å². The summed E-state index contributed by atoms with van der Waals surface area (Å²) in [7, 11) is 0. The van der Waals surface area contributed by atoms with Crippen LogP contribution in [0.1, 0.15) is 43.7 Å². The van der Waals surface area contributed by atoms with Crippen molar-refractivity contribution in [3.05, 3.63) is 35.4 Å². The molecule has 1 aromatic rings. The molecular weight excluding hydrogens is 236 g/mol. The highest BCUT2D eigenvalue weighted by atomic mass is 19.2. The van der Waals surface area contributed by atoms with Gasteiger partial charge in [-0.25, -0.2) is 8.78 Å². The Bertz CT molecular complexity index is 391. The van der Waals surface area contributed by atoms with Crippen LogP contribution in [0.25, 0.3) is 0 Å². The van der Waals surface area contributed by atoms with Crippen molar-refractivity contribution >= 4 is 0 Å². The van der Waals surface area contributed by atoms with Gasteiger partial charge in [0.25, 0.3) is 0 Å². The van der Waals surface area contributed by atoms with Gasteiger partial charge in [-0.05, 0) is 49.8 Å². The summed E-state index contributed by atoms with van der Waals surface area (Å²) in [4.78, 5) is 0. The van der Waals surface area contributed by atoms with Crippen molar-refractivity contribution in [3.8, 4) is 0 Å². The molecule has 2 nitrogen and oxygen atoms in total. The van der Waals surface area contributed by atoms with Gasteiger partial charge in [0.05, 0.1) is 6.10 Å². The summed E-state index contributed by atoms with van der Waals surface area (Å²) < 4.78 is 31.4. The lowest BCUT2D eigenvalue weighted by molar-refractivity contribution is 0.101. The minimum Gasteiger partial charge on any atom is -0.378 e. The Morgan fingerprint density at radius 3 is 2.83 bits per heavy atom. The molecule has 0 spiro atoms. The van der Waals surface area contributed by atoms with Crippen molar-refractivity contribution in [1.29, 1.82) is 0 Å². The van der Waals surface area contributed by atoms with Gasteiger partial charge < -0.3 is 10.5 Å². The van der Waals surface area contributed by atoms with Gasteiger partial charge in [-0.1, -0.05) is 6.07 Å². The van der Waals surface area contributed by atoms with Crippen molar-refractivity contribution < 1.29 is 13.5 Å². The molecule has 0 radical (unpaired) electrons. The van der Waals surface area contributed by atoms with Crippen LogP contribution >= 0.6 is 0 Å². The number of nitrogens with two attached hydrogens (primary N) is 1. The number of hydrogen-bond acceptors (Lipinski definition) is 2. The second-order valence-electron chi connectivity index (χ2n) is 4.85. The largest absolute Gasteiger partial charge is 0.378 e. The monoisotopic (exact) mass is 255 g/mol. The van der Waals surface area contributed by atoms with Crippen LogP contribution in [0.5, 0.6) is 0 Å². The maximum atomic E-state index is 13.1. The predicted molar refractivity (Wildman–Crippen MR) is 66.1 cm³/mol. The molecule has 1 aliphatic heterocycles. The summed E-state index contributed by atoms with van der Waals surface area (Å²) in [5.74, 6) is -1.66. The lowest BCUT2D eigenvalue weighted by atomic mass is 10.00. The standard InChI is InChI=1S/C14H19F2NO/c15-12-7-6-10(9-13(12)16)14(17)5-1-3-11-4-2-8-18-11/h6-7,9,11,14H,1-5,8,17H2. The van der Waals surface area contributed by atoms with Crippen LogP contribution in [0, 0.1) is 11.6 Å². The van der Waals surface area contributed by atoms with Gasteiger partial charge in [-0.15, -0.1) is 0 Å². The van der Waals surface area contributed by atoms with E-state index in [9.17, 15) is 8.78 Å². The molecule has 2 atom stereocenters. The molecule has 1 saturated heterocycles. The fourth-order valence-corrected chi connectivity index (χ4v) is 2.35. The van der Waals surface area contributed by atoms with Crippen molar-refractivity contribution in [2.75, 3.05) is 6.61 Å². The third kappa shape index (κ3) is 3.50. The molecule has 2 unspecified atom stereocenters. The average molecular weight is 255 g/mol. The molecule has 1 fully saturated rings. The van der Waals surface area contributed by atoms with E-state index >= 15 is 0 Å². The van der Waals surface area contributed by atoms with Gasteiger partial charge in [0.1, 0.15) is 0 Å². The summed E-state index contributed by atoms with van der Waals surface area (Å²) in [5, 5.41) is 0. The Balaban J connectivity index is 1.79. The number of benzene rings is 1. The third-order valence-corrected chi connectivity index (χ3v) is 3.44. The fourth-order valence-electron chi connectivity index (χ4n) is 2.35. The second kappa shape index (κ2) is 6.25. The van der Waals surface area contributed by atoms with E-state index in [1.165, 1.54) is 6.07 Å². The highest BCUT2D eigenvalue weighted by Gasteiger charge is 2.16. The molecule has 0 saturated carbocycles. The van der Waals surface area contributed by atoms with Crippen LogP contribution in [0.4, 0.5) is 8.78 Å². The van der Waals surface area contributed by atoms with E-state index in [4.69, 9.17) is 10.5 Å². The molecule has 18 heavy (non-hydrogen) atoms. The maximum Gasteiger partial charge on any atom is 0.159 e. The number of hydrogen-bond donors (Lipinski definition) is 1. The first-order valence-electron chi connectivity index (χ1n) is 6.49. The van der Waals surface area contributed by atoms with E-state index in [0.29, 0.717) is 11.7 Å². The van der Waals surface area contributed by atoms with E-state index in [-0.39, 0.29) is 6.04 Å². The Morgan fingerprint density at radius 2 is 2.17 bits per heavy atom. The zero-order chi connectivity index (χ0) is 13.0. The Hall–Kier alpha value is -1.00. The molecule has 1 aliphatic rings. The van der Waals surface area contributed by atoms with Crippen molar-refractivity contribution in [2.45, 2.75) is 44.2 Å². The van der Waals surface area contributed by atoms with Crippen LogP contribution < -0.4 is 5.73 Å². The van der Waals surface area contributed by atoms with E-state index < -0.39 is 11.6 Å². The molecule has 0 bridgehead atoms. The quantitative estimate of drug-likeness (QED) is 0.876. The summed E-state index contributed by atoms with van der Waals surface area (Å²) in [5.41, 5.74) is 6.62. The molecule has 4 heteroatoms. The fraction of sp³-hybridized carbons (Fsp3) is 0.571. The number of halogens is 2. The average Bonchev–Trinajstić information content (AvgIpc) is 2.85. The van der Waals surface area contributed by atoms with Gasteiger partial charge >= 0.3 is 0 Å². The van der Waals surface area contributed by atoms with E-state index in [1.54, 1.807) is 6.07 Å². The molecule has 100 valence electrons. The van der Waals surface area contributed by atoms with Gasteiger partial charge in [-0.3, -0.25) is 0 Å². The minimum absolute atomic E-state index is 0.235. The van der Waals surface area contributed by atoms with Crippen LogP contribution in [0.3, 0.4) is 0 Å². The number of rotatable bonds is 5. The molecule has 0 amide bonds. The molecule has 2 N–H and O–H groups in total. The van der Waals surface area contributed by atoms with Crippen LogP contribution in [-0.2, 0) is 4.74 Å². The third-order valence-electron chi connectivity index (χ3n) is 3.44. The van der Waals surface area contributed by atoms with E-state index in [2.05, 4.69) is 0 Å². The first kappa shape index (κ1) is 13.4. The predicted octanol–water partition coefficient (Wildman–Crippen LogP) is 3.31. The zero-order valence-electron chi connectivity index (χ0n) is 10.4. The van der Waals surface area contributed by atoms with Gasteiger partial charge in [0.15, 0.2) is 11.6 Å². The van der Waals surface area contributed by atoms with Gasteiger partial charge in [-0.2, -0.15) is 0 Å². The Kier molecular flexibility index (Phi) is 4.66. The second-order valence-corrected chi connectivity index (χ2v) is 4.85. The van der Waals surface area contributed by atoms with Gasteiger partial charge in [0, 0.05) is 12.6 Å². The summed E-state index contributed by atoms with van der Waals surface area (Å²) in [6.07, 6.45) is 5.34. The highest BCUT2D eigenvalue weighted by Crippen LogP contribution is 2.22. The minimum atomic E-state index is -0.831. The van der Waals surface area contributed by atoms with Crippen LogP contribution in [0.2, 0.25) is 0 Å². The molecular formula is C14H19F2NO. The highest BCUT2D eigenvalue weighted by molar-refractivity contribution is 5.20. The number of ether oxygens (including phenoxy) is 1. The molecule has 0 aliphatic carbocycles. The van der Waals surface area contributed by atoms with Crippen molar-refractivity contribution in [3.63, 3.8) is 0 Å². The van der Waals surface area contributed by atoms with E-state index in [1.807, 2.05) is 0 Å². The summed E-state index contributed by atoms with van der Waals surface area (Å²) in [6, 6.07) is 3.63. The Labute approximate surface area is 106 Å². The topological polar surface area (TPSA) is 35.2 Å². The lowest BCUT2D eigenvalue weighted by Crippen LogP contribution is -2.12. The molecule has 1 aromatic carbocycles. The normalized spacial score (nSPS) is 21.2. The lowest BCUT2D eigenvalue weighted by Gasteiger charge is -2.14. The van der Waals surface area contributed by atoms with Crippen molar-refractivity contribution in [1.82, 2.24) is 0 Å². The maximum absolute atomic E-state index is 13.1. The molecule has 2 rings (SSSR count). The SMILES string of the molecule is NC(CCCC1CCCO1)c1ccc(F)c(F)c1. The Morgan fingerprint density at radius 1 is 1.33 bits per heavy atom. The van der Waals surface area contributed by atoms with Crippen LogP contribution in [0.15, 0.2) is 18.2 Å². The summed E-state index contributed by atoms with van der Waals surface area (Å²) >= 11 is 0. The molecule has 1 heterocycles. The smallest absolute Gasteiger partial charge is 0.159 e. The van der Waals surface area contributed by atoms with Gasteiger partial charge in [0.2, 0.25) is 0 Å². The van der Waals surface area contributed by atoms with Crippen LogP contribution in [-0.4, -0.2) is 12.7 Å². The van der Waals surface area contributed by atoms with E-state index in [0.717, 1.165) is 44.8 Å². The summed E-state index contributed by atoms with van der Waals surface area (Å²) in [6.45, 7) is 0.861. The first-order chi connectivity index (χ1) is 8.66. The molecule has 0 aromatic heterocycles. The first-order valence-corrected chi connectivity index (χ1v) is 6.49.